The highest BCUT2D eigenvalue weighted by Gasteiger charge is 2.54. The summed E-state index contributed by atoms with van der Waals surface area (Å²) in [7, 11) is 0. The molecule has 4 nitrogen and oxygen atoms in total. The predicted octanol–water partition coefficient (Wildman–Crippen LogP) is 3.71. The molecule has 0 unspecified atom stereocenters. The van der Waals surface area contributed by atoms with Gasteiger partial charge in [0.25, 0.3) is 5.91 Å². The smallest absolute Gasteiger partial charge is 0.254 e. The van der Waals surface area contributed by atoms with Crippen LogP contribution in [0.1, 0.15) is 45.8 Å². The quantitative estimate of drug-likeness (QED) is 0.869. The molecule has 4 fully saturated rings. The maximum Gasteiger partial charge on any atom is 0.254 e. The van der Waals surface area contributed by atoms with E-state index in [1.54, 1.807) is 12.1 Å². The van der Waals surface area contributed by atoms with Crippen LogP contribution in [-0.4, -0.2) is 52.5 Å². The zero-order valence-electron chi connectivity index (χ0n) is 16.6. The van der Waals surface area contributed by atoms with Gasteiger partial charge in [-0.1, -0.05) is 35.9 Å². The molecule has 3 atom stereocenters. The van der Waals surface area contributed by atoms with E-state index in [9.17, 15) is 9.90 Å². The first-order valence-electron chi connectivity index (χ1n) is 10.4. The molecule has 1 amide bonds. The molecule has 0 aliphatic carbocycles. The number of carbonyl (C=O) groups excluding carboxylic acids is 1. The fourth-order valence-electron chi connectivity index (χ4n) is 5.77. The number of aryl methyl sites for hydroxylation is 1. The van der Waals surface area contributed by atoms with Gasteiger partial charge in [-0.2, -0.15) is 0 Å². The van der Waals surface area contributed by atoms with Crippen LogP contribution in [0.5, 0.6) is 5.75 Å². The van der Waals surface area contributed by atoms with Crippen LogP contribution in [0.15, 0.2) is 42.5 Å². The van der Waals surface area contributed by atoms with Gasteiger partial charge in [0.05, 0.1) is 6.04 Å². The molecule has 2 aromatic rings. The Hall–Kier alpha value is -2.33. The summed E-state index contributed by atoms with van der Waals surface area (Å²) in [5.74, 6) is 1.22. The van der Waals surface area contributed by atoms with Crippen LogP contribution in [0.2, 0.25) is 0 Å². The van der Waals surface area contributed by atoms with E-state index in [0.717, 1.165) is 19.6 Å². The van der Waals surface area contributed by atoms with Crippen molar-refractivity contribution in [3.05, 3.63) is 64.7 Å². The van der Waals surface area contributed by atoms with E-state index in [4.69, 9.17) is 0 Å². The van der Waals surface area contributed by atoms with Gasteiger partial charge >= 0.3 is 0 Å². The lowest BCUT2D eigenvalue weighted by Gasteiger charge is -2.51. The van der Waals surface area contributed by atoms with Crippen molar-refractivity contribution in [2.75, 3.05) is 19.6 Å². The van der Waals surface area contributed by atoms with Gasteiger partial charge < -0.3 is 10.0 Å². The highest BCUT2D eigenvalue weighted by molar-refractivity contribution is 5.97. The largest absolute Gasteiger partial charge is 0.508 e. The van der Waals surface area contributed by atoms with Gasteiger partial charge in [0.15, 0.2) is 0 Å². The first kappa shape index (κ1) is 17.7. The minimum Gasteiger partial charge on any atom is -0.508 e. The van der Waals surface area contributed by atoms with E-state index >= 15 is 0 Å². The second kappa shape index (κ2) is 6.63. The average molecular weight is 377 g/mol. The van der Waals surface area contributed by atoms with Crippen molar-refractivity contribution in [1.29, 1.82) is 0 Å². The number of aromatic hydroxyl groups is 1. The Bertz CT molecular complexity index is 899. The van der Waals surface area contributed by atoms with Crippen LogP contribution in [-0.2, 0) is 0 Å². The maximum absolute atomic E-state index is 13.6. The number of likely N-dealkylation sites (tertiary alicyclic amines) is 1. The molecule has 1 N–H and O–H groups in total. The SMILES string of the molecule is Cc1ccc([C@@H]2CN(C(=O)c3cccc(O)c3C)[C@@H]3C4CCN(CC4)[C@@H]32)cc1. The predicted molar refractivity (Wildman–Crippen MR) is 110 cm³/mol. The van der Waals surface area contributed by atoms with E-state index in [2.05, 4.69) is 41.0 Å². The summed E-state index contributed by atoms with van der Waals surface area (Å²) in [6, 6.07) is 14.8. The average Bonchev–Trinajstić information content (AvgIpc) is 3.14. The molecule has 0 radical (unpaired) electrons. The van der Waals surface area contributed by atoms with Crippen LogP contribution in [0.3, 0.4) is 0 Å². The van der Waals surface area contributed by atoms with Crippen molar-refractivity contribution in [2.45, 2.75) is 44.7 Å². The van der Waals surface area contributed by atoms with Crippen molar-refractivity contribution in [2.24, 2.45) is 5.92 Å². The lowest BCUT2D eigenvalue weighted by Crippen LogP contribution is -2.60. The van der Waals surface area contributed by atoms with Gasteiger partial charge in [-0.25, -0.2) is 0 Å². The number of fused-ring (bicyclic) bond motifs is 2. The number of amides is 1. The monoisotopic (exact) mass is 376 g/mol. The third-order valence-corrected chi connectivity index (χ3v) is 7.30. The Kier molecular flexibility index (Phi) is 4.20. The van der Waals surface area contributed by atoms with Gasteiger partial charge in [0, 0.05) is 29.6 Å². The molecule has 146 valence electrons. The van der Waals surface area contributed by atoms with E-state index in [0.29, 0.717) is 29.0 Å². The standard InChI is InChI=1S/C24H28N2O2/c1-15-6-8-17(9-7-15)20-14-26(22-18-10-12-25(13-11-18)23(20)22)24(28)19-4-3-5-21(27)16(19)2/h3-9,18,20,22-23,27H,10-14H2,1-2H3/t20-,22+,23+/m0/s1. The highest BCUT2D eigenvalue weighted by atomic mass is 16.3. The molecule has 28 heavy (non-hydrogen) atoms. The molecule has 4 heterocycles. The Morgan fingerprint density at radius 2 is 1.71 bits per heavy atom. The molecular formula is C24H28N2O2. The number of rotatable bonds is 2. The lowest BCUT2D eigenvalue weighted by atomic mass is 9.75. The summed E-state index contributed by atoms with van der Waals surface area (Å²) < 4.78 is 0. The molecular weight excluding hydrogens is 348 g/mol. The molecule has 0 aromatic heterocycles. The molecule has 4 aliphatic heterocycles. The second-order valence-electron chi connectivity index (χ2n) is 8.78. The normalized spacial score (nSPS) is 31.1. The van der Waals surface area contributed by atoms with Crippen molar-refractivity contribution in [1.82, 2.24) is 9.80 Å². The van der Waals surface area contributed by atoms with Gasteiger partial charge in [0.1, 0.15) is 5.75 Å². The molecule has 6 rings (SSSR count). The van der Waals surface area contributed by atoms with Crippen LogP contribution in [0.25, 0.3) is 0 Å². The zero-order chi connectivity index (χ0) is 19.4. The number of phenols is 1. The third-order valence-electron chi connectivity index (χ3n) is 7.30. The van der Waals surface area contributed by atoms with Crippen molar-refractivity contribution in [3.63, 3.8) is 0 Å². The molecule has 0 spiro atoms. The fraction of sp³-hybridized carbons (Fsp3) is 0.458. The summed E-state index contributed by atoms with van der Waals surface area (Å²) in [6.07, 6.45) is 2.37. The number of benzene rings is 2. The number of piperidine rings is 3. The number of phenolic OH excluding ortho intramolecular Hbond substituents is 1. The van der Waals surface area contributed by atoms with E-state index in [1.807, 2.05) is 13.0 Å². The summed E-state index contributed by atoms with van der Waals surface area (Å²) in [5.41, 5.74) is 3.94. The number of hydrogen-bond acceptors (Lipinski definition) is 3. The summed E-state index contributed by atoms with van der Waals surface area (Å²) in [5, 5.41) is 10.1. The summed E-state index contributed by atoms with van der Waals surface area (Å²) in [4.78, 5) is 18.3. The van der Waals surface area contributed by atoms with Crippen LogP contribution in [0.4, 0.5) is 0 Å². The van der Waals surface area contributed by atoms with E-state index in [1.165, 1.54) is 24.0 Å². The molecule has 0 saturated carbocycles. The van der Waals surface area contributed by atoms with Gasteiger partial charge in [-0.05, 0) is 63.4 Å². The van der Waals surface area contributed by atoms with E-state index < -0.39 is 0 Å². The molecule has 4 aliphatic rings. The Morgan fingerprint density at radius 3 is 2.43 bits per heavy atom. The number of nitrogens with zero attached hydrogens (tertiary/aromatic N) is 2. The van der Waals surface area contributed by atoms with E-state index in [-0.39, 0.29) is 17.7 Å². The van der Waals surface area contributed by atoms with Crippen molar-refractivity contribution < 1.29 is 9.90 Å². The fourth-order valence-corrected chi connectivity index (χ4v) is 5.77. The van der Waals surface area contributed by atoms with Gasteiger partial charge in [-0.3, -0.25) is 9.69 Å². The number of hydrogen-bond donors (Lipinski definition) is 1. The van der Waals surface area contributed by atoms with Crippen LogP contribution >= 0.6 is 0 Å². The topological polar surface area (TPSA) is 43.8 Å². The maximum atomic E-state index is 13.6. The number of carbonyl (C=O) groups is 1. The Labute approximate surface area is 166 Å². The van der Waals surface area contributed by atoms with Gasteiger partial charge in [-0.15, -0.1) is 0 Å². The summed E-state index contributed by atoms with van der Waals surface area (Å²) >= 11 is 0. The zero-order valence-corrected chi connectivity index (χ0v) is 16.6. The first-order valence-corrected chi connectivity index (χ1v) is 10.4. The second-order valence-corrected chi connectivity index (χ2v) is 8.78. The highest BCUT2D eigenvalue weighted by Crippen LogP contribution is 2.47. The van der Waals surface area contributed by atoms with Crippen LogP contribution in [0, 0.1) is 19.8 Å². The first-order chi connectivity index (χ1) is 13.5. The Morgan fingerprint density at radius 1 is 1.00 bits per heavy atom. The molecule has 4 saturated heterocycles. The van der Waals surface area contributed by atoms with Crippen molar-refractivity contribution >= 4 is 5.91 Å². The minimum atomic E-state index is 0.0757. The third kappa shape index (κ3) is 2.66. The minimum absolute atomic E-state index is 0.0757. The molecule has 2 aromatic carbocycles. The summed E-state index contributed by atoms with van der Waals surface area (Å²) in [6.45, 7) is 7.03. The molecule has 2 bridgehead atoms. The Balaban J connectivity index is 1.54. The van der Waals surface area contributed by atoms with Crippen LogP contribution < -0.4 is 0 Å². The van der Waals surface area contributed by atoms with Crippen molar-refractivity contribution in [3.8, 4) is 5.75 Å². The molecule has 4 heteroatoms. The van der Waals surface area contributed by atoms with Gasteiger partial charge in [0.2, 0.25) is 0 Å². The lowest BCUT2D eigenvalue weighted by molar-refractivity contribution is -0.00343.